The van der Waals surface area contributed by atoms with Crippen molar-refractivity contribution in [2.75, 3.05) is 13.7 Å². The van der Waals surface area contributed by atoms with Crippen molar-refractivity contribution in [3.05, 3.63) is 28.8 Å². The number of benzene rings is 1. The average molecular weight is 344 g/mol. The summed E-state index contributed by atoms with van der Waals surface area (Å²) in [5, 5.41) is 0. The molecule has 0 amide bonds. The molecule has 0 fully saturated rings. The van der Waals surface area contributed by atoms with Crippen LogP contribution >= 0.6 is 0 Å². The smallest absolute Gasteiger partial charge is 0.179 e. The lowest BCUT2D eigenvalue weighted by molar-refractivity contribution is 0.230. The van der Waals surface area contributed by atoms with Gasteiger partial charge in [0, 0.05) is 0 Å². The molecule has 0 aliphatic rings. The molecule has 1 atom stereocenters. The lowest BCUT2D eigenvalue weighted by Gasteiger charge is -2.19. The molecular formula is C19H27F3O2. The van der Waals surface area contributed by atoms with Crippen LogP contribution in [0, 0.1) is 18.7 Å². The molecule has 1 unspecified atom stereocenters. The molecule has 1 aromatic rings. The zero-order valence-electron chi connectivity index (χ0n) is 15.1. The number of hydrogen-bond acceptors (Lipinski definition) is 2. The van der Waals surface area contributed by atoms with Crippen molar-refractivity contribution >= 4 is 5.83 Å². The molecule has 0 bridgehead atoms. The van der Waals surface area contributed by atoms with Gasteiger partial charge in [-0.3, -0.25) is 0 Å². The first-order chi connectivity index (χ1) is 11.4. The molecule has 0 radical (unpaired) electrons. The minimum atomic E-state index is -1.26. The number of allylic oxidation sites excluding steroid dienone is 1. The second-order valence-corrected chi connectivity index (χ2v) is 5.99. The van der Waals surface area contributed by atoms with Crippen LogP contribution < -0.4 is 9.47 Å². The van der Waals surface area contributed by atoms with Crippen LogP contribution in [-0.2, 0) is 0 Å². The Bertz CT molecular complexity index is 578. The molecule has 24 heavy (non-hydrogen) atoms. The van der Waals surface area contributed by atoms with Gasteiger partial charge in [0.15, 0.2) is 17.4 Å². The van der Waals surface area contributed by atoms with Crippen LogP contribution in [-0.4, -0.2) is 13.7 Å². The third-order valence-electron chi connectivity index (χ3n) is 4.11. The van der Waals surface area contributed by atoms with Crippen LogP contribution in [0.2, 0.25) is 0 Å². The normalized spacial score (nSPS) is 13.5. The van der Waals surface area contributed by atoms with Gasteiger partial charge in [-0.2, -0.15) is 0 Å². The number of methoxy groups -OCH3 is 1. The summed E-state index contributed by atoms with van der Waals surface area (Å²) in [6, 6.07) is 1.49. The first-order valence-corrected chi connectivity index (χ1v) is 8.39. The van der Waals surface area contributed by atoms with Crippen molar-refractivity contribution in [3.63, 3.8) is 0 Å². The molecule has 0 aliphatic heterocycles. The predicted molar refractivity (Wildman–Crippen MR) is 91.3 cm³/mol. The van der Waals surface area contributed by atoms with E-state index in [1.807, 2.05) is 0 Å². The number of aryl methyl sites for hydroxylation is 1. The van der Waals surface area contributed by atoms with E-state index >= 15 is 0 Å². The highest BCUT2D eigenvalue weighted by atomic mass is 19.2. The monoisotopic (exact) mass is 344 g/mol. The van der Waals surface area contributed by atoms with E-state index in [1.54, 1.807) is 6.92 Å². The molecule has 1 rings (SSSR count). The molecule has 0 aliphatic carbocycles. The van der Waals surface area contributed by atoms with Crippen LogP contribution in [0.1, 0.15) is 57.6 Å². The van der Waals surface area contributed by atoms with Gasteiger partial charge >= 0.3 is 0 Å². The molecule has 0 aromatic heterocycles. The Balaban J connectivity index is 3.19. The highest BCUT2D eigenvalue weighted by Gasteiger charge is 2.24. The molecule has 1 aromatic carbocycles. The summed E-state index contributed by atoms with van der Waals surface area (Å²) in [6.45, 7) is 7.08. The minimum absolute atomic E-state index is 0.00949. The Hall–Kier alpha value is -1.65. The Morgan fingerprint density at radius 3 is 2.42 bits per heavy atom. The topological polar surface area (TPSA) is 18.5 Å². The van der Waals surface area contributed by atoms with Crippen LogP contribution in [0.3, 0.4) is 0 Å². The number of unbranched alkanes of at least 4 members (excludes halogenated alkanes) is 1. The number of hydrogen-bond donors (Lipinski definition) is 0. The zero-order chi connectivity index (χ0) is 18.3. The van der Waals surface area contributed by atoms with Crippen LogP contribution in [0.5, 0.6) is 11.5 Å². The van der Waals surface area contributed by atoms with E-state index in [4.69, 9.17) is 9.47 Å². The fourth-order valence-corrected chi connectivity index (χ4v) is 2.58. The summed E-state index contributed by atoms with van der Waals surface area (Å²) in [5.74, 6) is -3.10. The summed E-state index contributed by atoms with van der Waals surface area (Å²) in [5.41, 5.74) is -0.0394. The molecule has 5 heteroatoms. The van der Waals surface area contributed by atoms with Gasteiger partial charge in [-0.15, -0.1) is 0 Å². The van der Waals surface area contributed by atoms with E-state index in [0.717, 1.165) is 32.6 Å². The molecular weight excluding hydrogens is 317 g/mol. The van der Waals surface area contributed by atoms with Gasteiger partial charge in [0.1, 0.15) is 11.6 Å². The SMILES string of the molecule is CCCCC(CC)COc1cc(C)c(OC)c(F)c1/C(F)=C(/C)F. The Kier molecular flexibility index (Phi) is 8.16. The van der Waals surface area contributed by atoms with Crippen molar-refractivity contribution in [2.45, 2.75) is 53.4 Å². The number of halogens is 3. The molecule has 0 N–H and O–H groups in total. The summed E-state index contributed by atoms with van der Waals surface area (Å²) >= 11 is 0. The third-order valence-corrected chi connectivity index (χ3v) is 4.11. The van der Waals surface area contributed by atoms with Gasteiger partial charge < -0.3 is 9.47 Å². The maximum atomic E-state index is 14.6. The van der Waals surface area contributed by atoms with E-state index in [0.29, 0.717) is 18.1 Å². The van der Waals surface area contributed by atoms with Gasteiger partial charge in [-0.05, 0) is 37.8 Å². The number of rotatable bonds is 9. The maximum Gasteiger partial charge on any atom is 0.179 e. The van der Waals surface area contributed by atoms with E-state index in [1.165, 1.54) is 13.2 Å². The highest BCUT2D eigenvalue weighted by Crippen LogP contribution is 2.39. The Labute approximate surface area is 142 Å². The van der Waals surface area contributed by atoms with E-state index in [-0.39, 0.29) is 11.5 Å². The molecule has 2 nitrogen and oxygen atoms in total. The lowest BCUT2D eigenvalue weighted by atomic mass is 10.0. The Morgan fingerprint density at radius 1 is 1.25 bits per heavy atom. The van der Waals surface area contributed by atoms with Crippen molar-refractivity contribution in [1.29, 1.82) is 0 Å². The van der Waals surface area contributed by atoms with Gasteiger partial charge in [0.2, 0.25) is 0 Å². The van der Waals surface area contributed by atoms with Crippen LogP contribution in [0.4, 0.5) is 13.2 Å². The number of ether oxygens (including phenoxy) is 2. The van der Waals surface area contributed by atoms with Crippen molar-refractivity contribution in [2.24, 2.45) is 5.92 Å². The minimum Gasteiger partial charge on any atom is -0.493 e. The van der Waals surface area contributed by atoms with E-state index < -0.39 is 23.0 Å². The summed E-state index contributed by atoms with van der Waals surface area (Å²) in [6.07, 6.45) is 4.05. The summed E-state index contributed by atoms with van der Waals surface area (Å²) in [4.78, 5) is 0. The average Bonchev–Trinajstić information content (AvgIpc) is 2.54. The first kappa shape index (κ1) is 20.4. The van der Waals surface area contributed by atoms with Crippen molar-refractivity contribution in [1.82, 2.24) is 0 Å². The van der Waals surface area contributed by atoms with Gasteiger partial charge in [-0.25, -0.2) is 13.2 Å². The zero-order valence-corrected chi connectivity index (χ0v) is 15.1. The quantitative estimate of drug-likeness (QED) is 0.518. The fraction of sp³-hybridized carbons (Fsp3) is 0.579. The molecule has 136 valence electrons. The van der Waals surface area contributed by atoms with Crippen LogP contribution in [0.15, 0.2) is 11.9 Å². The second-order valence-electron chi connectivity index (χ2n) is 5.99. The summed E-state index contributed by atoms with van der Waals surface area (Å²) < 4.78 is 52.7. The lowest BCUT2D eigenvalue weighted by Crippen LogP contribution is -2.13. The highest BCUT2D eigenvalue weighted by molar-refractivity contribution is 5.69. The second kappa shape index (κ2) is 9.60. The molecule has 0 saturated carbocycles. The van der Waals surface area contributed by atoms with Crippen LogP contribution in [0.25, 0.3) is 5.83 Å². The maximum absolute atomic E-state index is 14.6. The van der Waals surface area contributed by atoms with Gasteiger partial charge in [0.05, 0.1) is 19.3 Å². The standard InChI is InChI=1S/C19H27F3O2/c1-6-8-9-14(7-2)11-24-15-10-12(3)19(23-5)18(22)16(15)17(21)13(4)20/h10,14H,6-9,11H2,1-5H3/b17-13+. The van der Waals surface area contributed by atoms with Crippen molar-refractivity contribution < 1.29 is 22.6 Å². The molecule has 0 saturated heterocycles. The van der Waals surface area contributed by atoms with E-state index in [2.05, 4.69) is 13.8 Å². The molecule has 0 heterocycles. The fourth-order valence-electron chi connectivity index (χ4n) is 2.58. The molecule has 0 spiro atoms. The predicted octanol–water partition coefficient (Wildman–Crippen LogP) is 6.37. The van der Waals surface area contributed by atoms with Crippen molar-refractivity contribution in [3.8, 4) is 11.5 Å². The first-order valence-electron chi connectivity index (χ1n) is 8.39. The third kappa shape index (κ3) is 4.92. The largest absolute Gasteiger partial charge is 0.493 e. The van der Waals surface area contributed by atoms with E-state index in [9.17, 15) is 13.2 Å². The van der Waals surface area contributed by atoms with Gasteiger partial charge in [0.25, 0.3) is 0 Å². The summed E-state index contributed by atoms with van der Waals surface area (Å²) in [7, 11) is 1.29. The van der Waals surface area contributed by atoms with Gasteiger partial charge in [-0.1, -0.05) is 33.1 Å². The Morgan fingerprint density at radius 2 is 1.92 bits per heavy atom.